The summed E-state index contributed by atoms with van der Waals surface area (Å²) in [5.74, 6) is -1.23. The van der Waals surface area contributed by atoms with Gasteiger partial charge in [-0.1, -0.05) is 137 Å². The largest absolute Gasteiger partial charge is 0.472 e. The van der Waals surface area contributed by atoms with Gasteiger partial charge >= 0.3 is 27.6 Å². The first-order valence-corrected chi connectivity index (χ1v) is 24.4. The monoisotopic (exact) mass is 888 g/mol. The van der Waals surface area contributed by atoms with Crippen LogP contribution in [0.3, 0.4) is 0 Å². The summed E-state index contributed by atoms with van der Waals surface area (Å²) in [7, 11) is -9.74. The minimum absolute atomic E-state index is 0.0170. The van der Waals surface area contributed by atoms with Crippen LogP contribution in [-0.2, 0) is 41.8 Å². The van der Waals surface area contributed by atoms with E-state index in [4.69, 9.17) is 23.8 Å². The Labute approximate surface area is 359 Å². The fraction of sp³-hybridized carbons (Fsp3) is 0.636. The molecule has 0 heterocycles. The van der Waals surface area contributed by atoms with Crippen molar-refractivity contribution in [1.29, 1.82) is 0 Å². The normalized spacial score (nSPS) is 15.4. The molecule has 0 aromatic carbocycles. The SMILES string of the molecule is CC/C=C\C/C=C\C/C=C\C/C=C\C=C/C(O)C/C=C\CCC(=O)OC[C@H](COP(=O)(O)OC[C@@H](O)COP(=O)(O)O)OC(=O)CCCCCCC/C=C\CCCCCC. The first-order chi connectivity index (χ1) is 28.8. The zero-order valence-electron chi connectivity index (χ0n) is 35.9. The van der Waals surface area contributed by atoms with E-state index in [0.717, 1.165) is 64.2 Å². The average Bonchev–Trinajstić information content (AvgIpc) is 3.20. The Morgan fingerprint density at radius 2 is 1.13 bits per heavy atom. The summed E-state index contributed by atoms with van der Waals surface area (Å²) >= 11 is 0. The number of unbranched alkanes of at least 4 members (excludes halogenated alkanes) is 9. The van der Waals surface area contributed by atoms with Crippen LogP contribution in [0, 0.1) is 0 Å². The van der Waals surface area contributed by atoms with E-state index in [0.29, 0.717) is 19.3 Å². The van der Waals surface area contributed by atoms with Gasteiger partial charge in [-0.3, -0.25) is 23.2 Å². The maximum absolute atomic E-state index is 12.6. The molecule has 14 nitrogen and oxygen atoms in total. The summed E-state index contributed by atoms with van der Waals surface area (Å²) in [5.41, 5.74) is 0. The number of phosphoric acid groups is 2. The standard InChI is InChI=1S/C44H74O14P2/c1-3-5-7-9-11-13-15-17-19-21-23-25-28-32-40(45)33-29-27-31-34-43(47)54-38-42(39-57-60(52,53)56-37-41(46)36-55-59(49,50)51)58-44(48)35-30-26-24-22-20-18-16-14-12-10-8-6-4-2/h5,7,11,13-14,16-17,19,23,25,27-29,32,40-42,45-46H,3-4,6,8-10,12,15,18,20-22,24,26,30-31,33-39H2,1-2H3,(H,52,53)(H2,49,50,51)/b7-5-,13-11-,16-14-,19-17-,25-23-,29-27-,32-28-/t40?,41-,42+/m0/s1. The predicted octanol–water partition coefficient (Wildman–Crippen LogP) is 9.75. The highest BCUT2D eigenvalue weighted by molar-refractivity contribution is 7.47. The van der Waals surface area contributed by atoms with Crippen molar-refractivity contribution in [3.63, 3.8) is 0 Å². The molecule has 0 aliphatic carbocycles. The van der Waals surface area contributed by atoms with Crippen LogP contribution in [0.4, 0.5) is 0 Å². The number of allylic oxidation sites excluding steroid dienone is 12. The molecule has 16 heteroatoms. The molecule has 0 aromatic rings. The van der Waals surface area contributed by atoms with Gasteiger partial charge in [0, 0.05) is 12.8 Å². The van der Waals surface area contributed by atoms with Crippen molar-refractivity contribution in [3.05, 3.63) is 85.1 Å². The number of aliphatic hydroxyl groups excluding tert-OH is 2. The van der Waals surface area contributed by atoms with Gasteiger partial charge in [0.2, 0.25) is 0 Å². The van der Waals surface area contributed by atoms with Crippen LogP contribution in [-0.4, -0.2) is 81.6 Å². The maximum atomic E-state index is 12.6. The van der Waals surface area contributed by atoms with Gasteiger partial charge in [-0.25, -0.2) is 9.13 Å². The number of aliphatic hydroxyl groups is 2. The number of hydrogen-bond acceptors (Lipinski definition) is 11. The Hall–Kier alpha value is -2.74. The second kappa shape index (κ2) is 39.1. The van der Waals surface area contributed by atoms with Gasteiger partial charge in [-0.05, 0) is 70.6 Å². The highest BCUT2D eigenvalue weighted by atomic mass is 31.2. The molecule has 60 heavy (non-hydrogen) atoms. The third-order valence-electron chi connectivity index (χ3n) is 8.35. The molecule has 0 fully saturated rings. The van der Waals surface area contributed by atoms with E-state index < -0.39 is 72.3 Å². The molecule has 0 radical (unpaired) electrons. The van der Waals surface area contributed by atoms with Gasteiger partial charge in [0.05, 0.1) is 25.9 Å². The van der Waals surface area contributed by atoms with Crippen molar-refractivity contribution in [2.45, 2.75) is 154 Å². The Kier molecular flexibility index (Phi) is 37.3. The Morgan fingerprint density at radius 1 is 0.567 bits per heavy atom. The van der Waals surface area contributed by atoms with Gasteiger partial charge < -0.3 is 34.4 Å². The molecule has 344 valence electrons. The lowest BCUT2D eigenvalue weighted by Crippen LogP contribution is -2.29. The van der Waals surface area contributed by atoms with E-state index >= 15 is 0 Å². The highest BCUT2D eigenvalue weighted by Gasteiger charge is 2.28. The molecule has 0 bridgehead atoms. The predicted molar refractivity (Wildman–Crippen MR) is 236 cm³/mol. The van der Waals surface area contributed by atoms with Crippen LogP contribution in [0.2, 0.25) is 0 Å². The van der Waals surface area contributed by atoms with Gasteiger partial charge in [0.15, 0.2) is 6.10 Å². The molecule has 4 atom stereocenters. The second-order valence-corrected chi connectivity index (χ2v) is 16.8. The van der Waals surface area contributed by atoms with Gasteiger partial charge in [-0.2, -0.15) is 0 Å². The summed E-state index contributed by atoms with van der Waals surface area (Å²) in [6.45, 7) is 1.40. The first-order valence-electron chi connectivity index (χ1n) is 21.4. The molecule has 0 amide bonds. The van der Waals surface area contributed by atoms with E-state index in [1.807, 2.05) is 12.2 Å². The van der Waals surface area contributed by atoms with Gasteiger partial charge in [0.1, 0.15) is 12.7 Å². The Morgan fingerprint density at radius 3 is 1.78 bits per heavy atom. The fourth-order valence-corrected chi connectivity index (χ4v) is 6.25. The topological polar surface area (TPSA) is 216 Å². The molecular formula is C44H74O14P2. The zero-order valence-corrected chi connectivity index (χ0v) is 37.7. The second-order valence-electron chi connectivity index (χ2n) is 14.1. The molecule has 2 unspecified atom stereocenters. The van der Waals surface area contributed by atoms with Crippen molar-refractivity contribution < 1.29 is 66.7 Å². The Bertz CT molecular complexity index is 1400. The third kappa shape index (κ3) is 42.0. The number of rotatable bonds is 39. The lowest BCUT2D eigenvalue weighted by Gasteiger charge is -2.20. The number of carbonyl (C=O) groups is 2. The molecule has 0 aliphatic heterocycles. The summed E-state index contributed by atoms with van der Waals surface area (Å²) in [4.78, 5) is 52.6. The summed E-state index contributed by atoms with van der Waals surface area (Å²) in [5, 5.41) is 19.9. The lowest BCUT2D eigenvalue weighted by atomic mass is 10.1. The minimum Gasteiger partial charge on any atom is -0.462 e. The minimum atomic E-state index is -4.88. The van der Waals surface area contributed by atoms with Crippen LogP contribution in [0.15, 0.2) is 85.1 Å². The van der Waals surface area contributed by atoms with E-state index in [1.165, 1.54) is 25.7 Å². The molecule has 0 saturated carbocycles. The van der Waals surface area contributed by atoms with Crippen LogP contribution in [0.1, 0.15) is 136 Å². The molecular weight excluding hydrogens is 814 g/mol. The van der Waals surface area contributed by atoms with Crippen molar-refractivity contribution in [3.8, 4) is 0 Å². The maximum Gasteiger partial charge on any atom is 0.472 e. The van der Waals surface area contributed by atoms with E-state index in [-0.39, 0.29) is 12.8 Å². The van der Waals surface area contributed by atoms with Crippen LogP contribution >= 0.6 is 15.6 Å². The summed E-state index contributed by atoms with van der Waals surface area (Å²) in [6, 6.07) is 0. The molecule has 0 saturated heterocycles. The first kappa shape index (κ1) is 57.3. The highest BCUT2D eigenvalue weighted by Crippen LogP contribution is 2.43. The fourth-order valence-electron chi connectivity index (χ4n) is 5.10. The number of carbonyl (C=O) groups excluding carboxylic acids is 2. The van der Waals surface area contributed by atoms with Crippen LogP contribution < -0.4 is 0 Å². The van der Waals surface area contributed by atoms with Crippen LogP contribution in [0.5, 0.6) is 0 Å². The summed E-state index contributed by atoms with van der Waals surface area (Å²) in [6.07, 6.45) is 40.4. The third-order valence-corrected chi connectivity index (χ3v) is 9.79. The van der Waals surface area contributed by atoms with Crippen molar-refractivity contribution in [2.24, 2.45) is 0 Å². The smallest absolute Gasteiger partial charge is 0.462 e. The number of hydrogen-bond donors (Lipinski definition) is 5. The van der Waals surface area contributed by atoms with E-state index in [9.17, 15) is 33.8 Å². The molecule has 0 aromatic heterocycles. The summed E-state index contributed by atoms with van der Waals surface area (Å²) < 4.78 is 47.6. The van der Waals surface area contributed by atoms with Gasteiger partial charge in [0.25, 0.3) is 0 Å². The molecule has 0 rings (SSSR count). The zero-order chi connectivity index (χ0) is 44.6. The van der Waals surface area contributed by atoms with Crippen molar-refractivity contribution >= 4 is 27.6 Å². The van der Waals surface area contributed by atoms with E-state index in [2.05, 4.69) is 71.5 Å². The quantitative estimate of drug-likeness (QED) is 0.0128. The Balaban J connectivity index is 4.75. The molecule has 0 spiro atoms. The molecule has 5 N–H and O–H groups in total. The van der Waals surface area contributed by atoms with Crippen LogP contribution in [0.25, 0.3) is 0 Å². The van der Waals surface area contributed by atoms with Crippen molar-refractivity contribution in [1.82, 2.24) is 0 Å². The lowest BCUT2D eigenvalue weighted by molar-refractivity contribution is -0.161. The number of ether oxygens (including phenoxy) is 2. The number of esters is 2. The van der Waals surface area contributed by atoms with Crippen molar-refractivity contribution in [2.75, 3.05) is 26.4 Å². The average molecular weight is 889 g/mol. The van der Waals surface area contributed by atoms with E-state index in [1.54, 1.807) is 24.3 Å². The molecule has 0 aliphatic rings. The number of phosphoric ester groups is 2. The van der Waals surface area contributed by atoms with Gasteiger partial charge in [-0.15, -0.1) is 0 Å².